The molecule has 0 radical (unpaired) electrons. The average Bonchev–Trinajstić information content (AvgIpc) is 2.76. The van der Waals surface area contributed by atoms with Crippen molar-refractivity contribution in [2.24, 2.45) is 0 Å². The molecule has 0 unspecified atom stereocenters. The van der Waals surface area contributed by atoms with E-state index in [2.05, 4.69) is 0 Å². The molecule has 3 nitrogen and oxygen atoms in total. The maximum Gasteiger partial charge on any atom is 0.524 e. The monoisotopic (exact) mass is 566 g/mol. The molecule has 3 aromatic rings. The highest BCUT2D eigenvalue weighted by Gasteiger charge is 2.53. The average molecular weight is 567 g/mol. The van der Waals surface area contributed by atoms with Gasteiger partial charge in [-0.1, -0.05) is 83.5 Å². The summed E-state index contributed by atoms with van der Waals surface area (Å²) in [6.07, 6.45) is 0. The minimum Gasteiger partial charge on any atom is -0.200 e. The highest BCUT2D eigenvalue weighted by atomic mass is 32.3. The molecule has 8 heteroatoms. The lowest BCUT2D eigenvalue weighted by molar-refractivity contribution is -0.0496. The molecule has 0 atom stereocenters. The van der Waals surface area contributed by atoms with Gasteiger partial charge in [-0.2, -0.15) is 25.2 Å². The Hall–Kier alpha value is -2.29. The van der Waals surface area contributed by atoms with Crippen molar-refractivity contribution in [3.8, 4) is 0 Å². The quantitative estimate of drug-likeness (QED) is 0.289. The highest BCUT2D eigenvalue weighted by Crippen LogP contribution is 2.72. The number of hydrogen-bond acceptors (Lipinski definition) is 3. The van der Waals surface area contributed by atoms with E-state index in [1.54, 1.807) is 38.1 Å². The minimum absolute atomic E-state index is 0.209. The fraction of sp³-hybridized carbons (Fsp3) is 0.400. The lowest BCUT2D eigenvalue weighted by Crippen LogP contribution is -2.28. The summed E-state index contributed by atoms with van der Waals surface area (Å²) >= 11 is 0. The van der Waals surface area contributed by atoms with Crippen LogP contribution in [0.4, 0.5) is 13.2 Å². The van der Waals surface area contributed by atoms with E-state index in [0.29, 0.717) is 25.8 Å². The van der Waals surface area contributed by atoms with Crippen molar-refractivity contribution >= 4 is 20.4 Å². The first-order chi connectivity index (χ1) is 17.2. The predicted molar refractivity (Wildman–Crippen MR) is 149 cm³/mol. The van der Waals surface area contributed by atoms with Crippen molar-refractivity contribution in [2.45, 2.75) is 93.3 Å². The molecule has 0 saturated heterocycles. The lowest BCUT2D eigenvalue weighted by Gasteiger charge is -2.42. The summed E-state index contributed by atoms with van der Waals surface area (Å²) in [6, 6.07) is 17.9. The van der Waals surface area contributed by atoms with Crippen LogP contribution in [0.1, 0.15) is 69.4 Å². The van der Waals surface area contributed by atoms with E-state index in [4.69, 9.17) is 3.63 Å². The Morgan fingerprint density at radius 1 is 0.632 bits per heavy atom. The zero-order chi connectivity index (χ0) is 28.9. The van der Waals surface area contributed by atoms with Gasteiger partial charge in [0.15, 0.2) is 0 Å². The second kappa shape index (κ2) is 10.0. The zero-order valence-electron chi connectivity index (χ0n) is 23.4. The molecule has 0 heterocycles. The lowest BCUT2D eigenvalue weighted by atomic mass is 9.87. The van der Waals surface area contributed by atoms with Gasteiger partial charge in [0, 0.05) is 14.7 Å². The fourth-order valence-electron chi connectivity index (χ4n) is 4.57. The van der Waals surface area contributed by atoms with Crippen LogP contribution in [-0.4, -0.2) is 13.9 Å². The van der Waals surface area contributed by atoms with Crippen molar-refractivity contribution in [1.82, 2.24) is 0 Å². The summed E-state index contributed by atoms with van der Waals surface area (Å²) in [5, 5.41) is 0. The summed E-state index contributed by atoms with van der Waals surface area (Å²) in [4.78, 5) is 1.19. The first-order valence-electron chi connectivity index (χ1n) is 12.3. The molecule has 0 aliphatic heterocycles. The van der Waals surface area contributed by atoms with Crippen LogP contribution in [0.15, 0.2) is 75.4 Å². The standard InChI is InChI=1S/C30H37F3O3S2/c1-20-18-21(2)27(22(3)19-20)37(36-38(34,35)30(31,32)33,25-14-10-23(11-15-25)28(4,5)6)26-16-12-24(13-17-26)29(7,8)9/h10-19H,1-9H3. The van der Waals surface area contributed by atoms with Gasteiger partial charge in [0.05, 0.1) is 0 Å². The summed E-state index contributed by atoms with van der Waals surface area (Å²) < 4.78 is 72.9. The van der Waals surface area contributed by atoms with Gasteiger partial charge < -0.3 is 0 Å². The summed E-state index contributed by atoms with van der Waals surface area (Å²) in [5.41, 5.74) is -1.83. The van der Waals surface area contributed by atoms with Crippen LogP contribution >= 0.6 is 10.3 Å². The largest absolute Gasteiger partial charge is 0.524 e. The molecule has 0 saturated carbocycles. The van der Waals surface area contributed by atoms with Crippen LogP contribution in [0.3, 0.4) is 0 Å². The Morgan fingerprint density at radius 2 is 0.974 bits per heavy atom. The van der Waals surface area contributed by atoms with Gasteiger partial charge in [0.25, 0.3) is 0 Å². The highest BCUT2D eigenvalue weighted by molar-refractivity contribution is 8.33. The van der Waals surface area contributed by atoms with Crippen molar-refractivity contribution in [3.63, 3.8) is 0 Å². The predicted octanol–water partition coefficient (Wildman–Crippen LogP) is 9.27. The zero-order valence-corrected chi connectivity index (χ0v) is 25.1. The van der Waals surface area contributed by atoms with Crippen molar-refractivity contribution in [1.29, 1.82) is 0 Å². The molecule has 0 aliphatic rings. The van der Waals surface area contributed by atoms with E-state index >= 15 is 0 Å². The number of halogens is 3. The molecule has 38 heavy (non-hydrogen) atoms. The fourth-order valence-corrected chi connectivity index (χ4v) is 9.66. The second-order valence-electron chi connectivity index (χ2n) is 11.8. The summed E-state index contributed by atoms with van der Waals surface area (Å²) in [6.45, 7) is 17.7. The first kappa shape index (κ1) is 30.3. The Balaban J connectivity index is 2.51. The molecule has 0 spiro atoms. The summed E-state index contributed by atoms with van der Waals surface area (Å²) in [5.74, 6) is 0. The number of alkyl halides is 3. The Morgan fingerprint density at radius 3 is 1.26 bits per heavy atom. The maximum atomic E-state index is 13.9. The molecule has 0 aliphatic carbocycles. The molecule has 3 aromatic carbocycles. The van der Waals surface area contributed by atoms with Crippen LogP contribution in [0, 0.1) is 20.8 Å². The van der Waals surface area contributed by atoms with E-state index in [9.17, 15) is 21.6 Å². The smallest absolute Gasteiger partial charge is 0.200 e. The number of rotatable bonds is 5. The van der Waals surface area contributed by atoms with Crippen LogP contribution in [0.2, 0.25) is 0 Å². The molecule has 0 fully saturated rings. The summed E-state index contributed by atoms with van der Waals surface area (Å²) in [7, 11) is -9.37. The van der Waals surface area contributed by atoms with E-state index < -0.39 is 25.9 Å². The van der Waals surface area contributed by atoms with E-state index in [0.717, 1.165) is 16.7 Å². The number of aryl methyl sites for hydroxylation is 3. The molecule has 3 rings (SSSR count). The minimum atomic E-state index is -5.98. The van der Waals surface area contributed by atoms with Crippen molar-refractivity contribution in [3.05, 3.63) is 88.5 Å². The van der Waals surface area contributed by atoms with E-state index in [-0.39, 0.29) is 10.8 Å². The Bertz CT molecular complexity index is 1330. The third-order valence-corrected chi connectivity index (χ3v) is 11.7. The number of hydrogen-bond donors (Lipinski definition) is 0. The van der Waals surface area contributed by atoms with Gasteiger partial charge in [-0.15, -0.1) is 0 Å². The molecule has 208 valence electrons. The second-order valence-corrected chi connectivity index (χ2v) is 16.2. The van der Waals surface area contributed by atoms with Gasteiger partial charge in [-0.25, -0.2) is 0 Å². The molecular formula is C30H37F3O3S2. The third kappa shape index (κ3) is 5.82. The van der Waals surface area contributed by atoms with Crippen LogP contribution in [0.25, 0.3) is 0 Å². The first-order valence-corrected chi connectivity index (χ1v) is 15.3. The maximum absolute atomic E-state index is 13.9. The van der Waals surface area contributed by atoms with Gasteiger partial charge in [0.2, 0.25) is 0 Å². The van der Waals surface area contributed by atoms with Gasteiger partial charge in [-0.3, -0.25) is 0 Å². The van der Waals surface area contributed by atoms with Gasteiger partial charge in [0.1, 0.15) is 0 Å². The number of benzene rings is 3. The molecule has 0 N–H and O–H groups in total. The molecular weight excluding hydrogens is 529 g/mol. The molecule has 0 amide bonds. The molecule has 0 bridgehead atoms. The third-order valence-electron chi connectivity index (χ3n) is 6.47. The van der Waals surface area contributed by atoms with Crippen molar-refractivity contribution < 1.29 is 25.2 Å². The van der Waals surface area contributed by atoms with Gasteiger partial charge >= 0.3 is 15.6 Å². The SMILES string of the molecule is Cc1cc(C)c(S(OS(=O)(=O)C(F)(F)F)(c2ccc(C(C)(C)C)cc2)c2ccc(C(C)(C)C)cc2)c(C)c1. The topological polar surface area (TPSA) is 43.4 Å². The van der Waals surface area contributed by atoms with E-state index in [1.807, 2.05) is 84.9 Å². The van der Waals surface area contributed by atoms with Crippen molar-refractivity contribution in [2.75, 3.05) is 0 Å². The van der Waals surface area contributed by atoms with Gasteiger partial charge in [-0.05, 0) is 88.4 Å². The Kier molecular flexibility index (Phi) is 7.99. The molecule has 0 aromatic heterocycles. The van der Waals surface area contributed by atoms with Crippen LogP contribution < -0.4 is 0 Å². The Labute approximate surface area is 227 Å². The van der Waals surface area contributed by atoms with Crippen LogP contribution in [0.5, 0.6) is 0 Å². The normalized spacial score (nSPS) is 14.0. The van der Waals surface area contributed by atoms with Crippen LogP contribution in [-0.2, 0) is 24.6 Å². The van der Waals surface area contributed by atoms with E-state index in [1.165, 1.54) is 0 Å².